The summed E-state index contributed by atoms with van der Waals surface area (Å²) < 4.78 is 11.5. The summed E-state index contributed by atoms with van der Waals surface area (Å²) in [5.41, 5.74) is 10.0. The Labute approximate surface area is 308 Å². The average molecular weight is 733 g/mol. The monoisotopic (exact) mass is 730 g/mol. The zero-order valence-electron chi connectivity index (χ0n) is 26.8. The van der Waals surface area contributed by atoms with Gasteiger partial charge in [0.1, 0.15) is 0 Å². The van der Waals surface area contributed by atoms with Gasteiger partial charge >= 0.3 is 26.2 Å². The van der Waals surface area contributed by atoms with E-state index in [1.54, 1.807) is 0 Å². The van der Waals surface area contributed by atoms with Crippen LogP contribution in [0.25, 0.3) is 66.4 Å². The number of fused-ring (bicyclic) bond motifs is 2. The van der Waals surface area contributed by atoms with Crippen molar-refractivity contribution in [2.24, 2.45) is 0 Å². The number of benzene rings is 4. The Kier molecular flexibility index (Phi) is 11.7. The third kappa shape index (κ3) is 7.34. The Morgan fingerprint density at radius 3 is 1.17 bits per heavy atom. The molecule has 232 valence electrons. The third-order valence-corrected chi connectivity index (χ3v) is 8.37. The van der Waals surface area contributed by atoms with Gasteiger partial charge in [-0.25, -0.2) is 0 Å². The smallest absolute Gasteiger partial charge is 1.00 e. The van der Waals surface area contributed by atoms with Crippen LogP contribution in [-0.2, 0) is 26.2 Å². The summed E-state index contributed by atoms with van der Waals surface area (Å²) in [6, 6.07) is 46.9. The van der Waals surface area contributed by atoms with E-state index in [2.05, 4.69) is 123 Å². The van der Waals surface area contributed by atoms with Crippen LogP contribution in [0.3, 0.4) is 0 Å². The molecule has 0 N–H and O–H groups in total. The molecule has 0 radical (unpaired) electrons. The van der Waals surface area contributed by atoms with Crippen molar-refractivity contribution >= 4 is 21.5 Å². The molecular weight excluding hydrogens is 699 g/mol. The fourth-order valence-electron chi connectivity index (χ4n) is 6.22. The molecule has 2 aromatic heterocycles. The minimum atomic E-state index is 0. The van der Waals surface area contributed by atoms with Crippen LogP contribution in [0, 0.1) is 27.7 Å². The van der Waals surface area contributed by atoms with Crippen molar-refractivity contribution in [3.8, 4) is 44.9 Å². The molecule has 47 heavy (non-hydrogen) atoms. The summed E-state index contributed by atoms with van der Waals surface area (Å²) in [6.07, 6.45) is 0. The van der Waals surface area contributed by atoms with E-state index in [0.29, 0.717) is 0 Å². The van der Waals surface area contributed by atoms with E-state index in [-0.39, 0.29) is 51.0 Å². The summed E-state index contributed by atoms with van der Waals surface area (Å²) in [5, 5.41) is 5.09. The largest absolute Gasteiger partial charge is 4.00 e. The molecule has 0 aliphatic rings. The van der Waals surface area contributed by atoms with Gasteiger partial charge in [0.05, 0.1) is 23.0 Å². The average Bonchev–Trinajstić information content (AvgIpc) is 3.84. The molecule has 0 bridgehead atoms. The molecule has 0 saturated heterocycles. The van der Waals surface area contributed by atoms with Gasteiger partial charge in [-0.05, 0) is 74.2 Å². The van der Waals surface area contributed by atoms with E-state index in [1.165, 1.54) is 54.9 Å². The molecule has 0 fully saturated rings. The predicted molar refractivity (Wildman–Crippen MR) is 184 cm³/mol. The van der Waals surface area contributed by atoms with Gasteiger partial charge in [-0.3, -0.25) is 0 Å². The molecular formula is C42H34Cl2O2Zr. The molecule has 5 heteroatoms. The number of hydrogen-bond donors (Lipinski definition) is 0. The number of aryl methyl sites for hydroxylation is 4. The Bertz CT molecular complexity index is 2060. The van der Waals surface area contributed by atoms with Crippen LogP contribution in [0.15, 0.2) is 142 Å². The number of hydrogen-bond acceptors (Lipinski definition) is 2. The summed E-state index contributed by atoms with van der Waals surface area (Å²) in [5.74, 6) is 3.76. The molecule has 0 spiro atoms. The van der Waals surface area contributed by atoms with E-state index in [4.69, 9.17) is 8.83 Å². The van der Waals surface area contributed by atoms with Crippen molar-refractivity contribution in [1.29, 1.82) is 0 Å². The standard InChI is InChI=1S/2C21H17O.2ClH.Zr/c2*1-14-8-10-17-12-18(20-11-9-15(2)22-20)13-19(17)21(14)16-6-4-3-5-7-16;;;/h2*3-13H,1-2H3;2*1H;/q2*-1;;;+4/p-2. The fourth-order valence-corrected chi connectivity index (χ4v) is 6.22. The topological polar surface area (TPSA) is 26.3 Å². The van der Waals surface area contributed by atoms with Gasteiger partial charge in [-0.1, -0.05) is 95.1 Å². The summed E-state index contributed by atoms with van der Waals surface area (Å²) >= 11 is 0. The minimum absolute atomic E-state index is 0. The van der Waals surface area contributed by atoms with E-state index in [0.717, 1.165) is 34.2 Å². The van der Waals surface area contributed by atoms with Crippen molar-refractivity contribution in [1.82, 2.24) is 0 Å². The van der Waals surface area contributed by atoms with Crippen LogP contribution in [0.2, 0.25) is 0 Å². The predicted octanol–water partition coefficient (Wildman–Crippen LogP) is 6.21. The SMILES string of the molecule is Cc1ccc(-c2cc3c(-c4ccccc4)c(C)ccc3[cH-]2)o1.Cc1ccc(-c2cc3c(-c4ccccc4)c(C)ccc3[cH-]2)o1.[Cl-].[Cl-].[Zr+4]. The molecule has 8 rings (SSSR count). The van der Waals surface area contributed by atoms with E-state index in [1.807, 2.05) is 38.1 Å². The maximum atomic E-state index is 5.77. The van der Waals surface area contributed by atoms with Crippen molar-refractivity contribution in [2.45, 2.75) is 27.7 Å². The van der Waals surface area contributed by atoms with Crippen molar-refractivity contribution in [3.05, 3.63) is 156 Å². The van der Waals surface area contributed by atoms with Crippen molar-refractivity contribution in [2.75, 3.05) is 0 Å². The second-order valence-electron chi connectivity index (χ2n) is 11.6. The first-order chi connectivity index (χ1) is 21.4. The van der Waals surface area contributed by atoms with Gasteiger partial charge < -0.3 is 33.6 Å². The van der Waals surface area contributed by atoms with E-state index >= 15 is 0 Å². The van der Waals surface area contributed by atoms with E-state index in [9.17, 15) is 0 Å². The molecule has 0 atom stereocenters. The molecule has 2 heterocycles. The Morgan fingerprint density at radius 1 is 0.447 bits per heavy atom. The van der Waals surface area contributed by atoms with Gasteiger partial charge in [0.15, 0.2) is 0 Å². The van der Waals surface area contributed by atoms with Crippen molar-refractivity contribution < 1.29 is 59.9 Å². The van der Waals surface area contributed by atoms with Gasteiger partial charge in [0.2, 0.25) is 0 Å². The zero-order chi connectivity index (χ0) is 30.2. The van der Waals surface area contributed by atoms with Gasteiger partial charge in [-0.15, -0.1) is 57.9 Å². The molecule has 8 aromatic rings. The Balaban J connectivity index is 0.000000200. The van der Waals surface area contributed by atoms with Crippen LogP contribution in [-0.4, -0.2) is 0 Å². The Hall–Kier alpha value is -3.88. The molecule has 0 unspecified atom stereocenters. The first-order valence-electron chi connectivity index (χ1n) is 15.1. The first kappa shape index (κ1) is 36.0. The molecule has 6 aromatic carbocycles. The minimum Gasteiger partial charge on any atom is -1.00 e. The zero-order valence-corrected chi connectivity index (χ0v) is 30.7. The molecule has 2 nitrogen and oxygen atoms in total. The maximum absolute atomic E-state index is 5.77. The summed E-state index contributed by atoms with van der Waals surface area (Å²) in [7, 11) is 0. The number of halogens is 2. The van der Waals surface area contributed by atoms with Gasteiger partial charge in [0, 0.05) is 0 Å². The second kappa shape index (κ2) is 15.3. The molecule has 0 aliphatic carbocycles. The van der Waals surface area contributed by atoms with Crippen LogP contribution < -0.4 is 24.8 Å². The normalized spacial score (nSPS) is 10.5. The van der Waals surface area contributed by atoms with Crippen molar-refractivity contribution in [3.63, 3.8) is 0 Å². The molecule has 0 aliphatic heterocycles. The first-order valence-corrected chi connectivity index (χ1v) is 15.1. The van der Waals surface area contributed by atoms with E-state index < -0.39 is 0 Å². The number of furan rings is 2. The summed E-state index contributed by atoms with van der Waals surface area (Å²) in [4.78, 5) is 0. The quantitative estimate of drug-likeness (QED) is 0.201. The Morgan fingerprint density at radius 2 is 0.830 bits per heavy atom. The van der Waals surface area contributed by atoms with Crippen LogP contribution in [0.5, 0.6) is 0 Å². The fraction of sp³-hybridized carbons (Fsp3) is 0.0952. The molecule has 0 saturated carbocycles. The number of rotatable bonds is 4. The maximum Gasteiger partial charge on any atom is 4.00 e. The van der Waals surface area contributed by atoms with Crippen LogP contribution in [0.1, 0.15) is 22.6 Å². The summed E-state index contributed by atoms with van der Waals surface area (Å²) in [6.45, 7) is 8.30. The van der Waals surface area contributed by atoms with Gasteiger partial charge in [0.25, 0.3) is 0 Å². The van der Waals surface area contributed by atoms with Gasteiger partial charge in [-0.2, -0.15) is 0 Å². The second-order valence-corrected chi connectivity index (χ2v) is 11.6. The third-order valence-electron chi connectivity index (χ3n) is 8.37. The van der Waals surface area contributed by atoms with Crippen LogP contribution >= 0.6 is 0 Å². The van der Waals surface area contributed by atoms with Crippen LogP contribution in [0.4, 0.5) is 0 Å². The molecule has 0 amide bonds.